The maximum Gasteiger partial charge on any atom is 0.228 e. The molecule has 2 aliphatic heterocycles. The monoisotopic (exact) mass is 225 g/mol. The summed E-state index contributed by atoms with van der Waals surface area (Å²) < 4.78 is 5.79. The first-order valence-electron chi connectivity index (χ1n) is 6.30. The van der Waals surface area contributed by atoms with E-state index in [4.69, 9.17) is 4.74 Å². The third kappa shape index (κ3) is 1.75. The van der Waals surface area contributed by atoms with Crippen molar-refractivity contribution in [3.63, 3.8) is 0 Å². The van der Waals surface area contributed by atoms with Gasteiger partial charge < -0.3 is 9.64 Å². The van der Waals surface area contributed by atoms with Gasteiger partial charge in [0, 0.05) is 5.92 Å². The number of ether oxygens (including phenoxy) is 1. The number of fused-ring (bicyclic) bond motifs is 2. The summed E-state index contributed by atoms with van der Waals surface area (Å²) in [5.41, 5.74) is 0.0264. The summed E-state index contributed by atoms with van der Waals surface area (Å²) in [6.07, 6.45) is 2.45. The van der Waals surface area contributed by atoms with Gasteiger partial charge in [0.1, 0.15) is 6.23 Å². The van der Waals surface area contributed by atoms with Crippen molar-refractivity contribution in [2.24, 2.45) is 11.3 Å². The van der Waals surface area contributed by atoms with Crippen LogP contribution >= 0.6 is 0 Å². The van der Waals surface area contributed by atoms with Crippen LogP contribution in [0.15, 0.2) is 0 Å². The number of rotatable bonds is 1. The molecule has 2 bridgehead atoms. The molecule has 0 spiro atoms. The van der Waals surface area contributed by atoms with Gasteiger partial charge in [-0.2, -0.15) is 0 Å². The first-order valence-corrected chi connectivity index (χ1v) is 6.30. The second kappa shape index (κ2) is 3.73. The van der Waals surface area contributed by atoms with E-state index in [1.165, 1.54) is 0 Å². The molecule has 3 nitrogen and oxygen atoms in total. The van der Waals surface area contributed by atoms with Gasteiger partial charge in [0.15, 0.2) is 0 Å². The number of piperidine rings is 1. The molecule has 0 aromatic carbocycles. The molecule has 0 aromatic rings. The van der Waals surface area contributed by atoms with Crippen molar-refractivity contribution < 1.29 is 9.53 Å². The van der Waals surface area contributed by atoms with Crippen LogP contribution in [-0.2, 0) is 9.53 Å². The summed E-state index contributed by atoms with van der Waals surface area (Å²) in [5.74, 6) is 0.310. The molecule has 2 rings (SSSR count). The summed E-state index contributed by atoms with van der Waals surface area (Å²) in [4.78, 5) is 14.4. The fourth-order valence-electron chi connectivity index (χ4n) is 2.58. The number of carbonyl (C=O) groups is 1. The highest BCUT2D eigenvalue weighted by molar-refractivity contribution is 5.80. The first kappa shape index (κ1) is 11.9. The Labute approximate surface area is 98.1 Å². The first-order chi connectivity index (χ1) is 7.32. The van der Waals surface area contributed by atoms with Crippen LogP contribution in [0.5, 0.6) is 0 Å². The van der Waals surface area contributed by atoms with Gasteiger partial charge in [-0.05, 0) is 25.2 Å². The number of hydrogen-bond acceptors (Lipinski definition) is 2. The third-order valence-electron chi connectivity index (χ3n) is 4.24. The lowest BCUT2D eigenvalue weighted by atomic mass is 9.80. The molecule has 0 N–H and O–H groups in total. The van der Waals surface area contributed by atoms with Gasteiger partial charge >= 0.3 is 0 Å². The highest BCUT2D eigenvalue weighted by Crippen LogP contribution is 2.38. The van der Waals surface area contributed by atoms with E-state index in [0.29, 0.717) is 0 Å². The topological polar surface area (TPSA) is 29.5 Å². The second-order valence-electron chi connectivity index (χ2n) is 6.28. The maximum atomic E-state index is 12.4. The van der Waals surface area contributed by atoms with Crippen molar-refractivity contribution >= 4 is 5.91 Å². The van der Waals surface area contributed by atoms with Crippen molar-refractivity contribution in [2.45, 2.75) is 65.8 Å². The Bertz CT molecular complexity index is 293. The molecule has 16 heavy (non-hydrogen) atoms. The third-order valence-corrected chi connectivity index (χ3v) is 4.24. The Morgan fingerprint density at radius 3 is 2.44 bits per heavy atom. The van der Waals surface area contributed by atoms with E-state index in [0.717, 1.165) is 12.8 Å². The fourth-order valence-corrected chi connectivity index (χ4v) is 2.58. The molecule has 92 valence electrons. The fraction of sp³-hybridized carbons (Fsp3) is 0.923. The molecule has 0 aliphatic carbocycles. The second-order valence-corrected chi connectivity index (χ2v) is 6.28. The lowest BCUT2D eigenvalue weighted by Gasteiger charge is -2.36. The number of carbonyl (C=O) groups excluding carboxylic acids is 1. The minimum atomic E-state index is 0.0264. The van der Waals surface area contributed by atoms with Crippen LogP contribution in [0.2, 0.25) is 0 Å². The molecular formula is C13H23NO2. The van der Waals surface area contributed by atoms with E-state index in [2.05, 4.69) is 27.7 Å². The molecule has 2 saturated heterocycles. The minimum Gasteiger partial charge on any atom is -0.353 e. The quantitative estimate of drug-likeness (QED) is 0.686. The molecule has 2 heterocycles. The molecule has 3 heteroatoms. The average molecular weight is 225 g/mol. The van der Waals surface area contributed by atoms with Crippen molar-refractivity contribution in [3.05, 3.63) is 0 Å². The van der Waals surface area contributed by atoms with Crippen molar-refractivity contribution in [1.29, 1.82) is 0 Å². The van der Waals surface area contributed by atoms with Crippen LogP contribution < -0.4 is 0 Å². The molecule has 0 aromatic heterocycles. The normalized spacial score (nSPS) is 35.6. The van der Waals surface area contributed by atoms with Gasteiger partial charge in [0.05, 0.1) is 12.1 Å². The van der Waals surface area contributed by atoms with Gasteiger partial charge in [0.2, 0.25) is 5.91 Å². The van der Waals surface area contributed by atoms with E-state index in [1.54, 1.807) is 0 Å². The summed E-state index contributed by atoms with van der Waals surface area (Å²) >= 11 is 0. The number of likely N-dealkylation sites (tertiary alicyclic amines) is 1. The Hall–Kier alpha value is -0.570. The zero-order valence-corrected chi connectivity index (χ0v) is 11.0. The van der Waals surface area contributed by atoms with E-state index >= 15 is 0 Å². The van der Waals surface area contributed by atoms with Gasteiger partial charge in [0.25, 0.3) is 0 Å². The van der Waals surface area contributed by atoms with Crippen LogP contribution in [0.1, 0.15) is 47.5 Å². The molecule has 4 atom stereocenters. The van der Waals surface area contributed by atoms with Gasteiger partial charge in [-0.3, -0.25) is 4.79 Å². The Kier molecular flexibility index (Phi) is 2.77. The van der Waals surface area contributed by atoms with Gasteiger partial charge in [-0.1, -0.05) is 27.7 Å². The number of nitrogens with zero attached hydrogens (tertiary/aromatic N) is 1. The summed E-state index contributed by atoms with van der Waals surface area (Å²) in [5, 5.41) is 0. The molecule has 2 aliphatic rings. The summed E-state index contributed by atoms with van der Waals surface area (Å²) in [6, 6.07) is 0.260. The highest BCUT2D eigenvalue weighted by Gasteiger charge is 2.48. The largest absolute Gasteiger partial charge is 0.353 e. The lowest BCUT2D eigenvalue weighted by Crippen LogP contribution is -2.49. The molecule has 4 unspecified atom stereocenters. The predicted octanol–water partition coefficient (Wildman–Crippen LogP) is 2.40. The molecule has 1 amide bonds. The van der Waals surface area contributed by atoms with Crippen LogP contribution in [0.25, 0.3) is 0 Å². The van der Waals surface area contributed by atoms with Gasteiger partial charge in [-0.25, -0.2) is 0 Å². The van der Waals surface area contributed by atoms with E-state index in [-0.39, 0.29) is 35.6 Å². The van der Waals surface area contributed by atoms with E-state index in [1.807, 2.05) is 11.8 Å². The Morgan fingerprint density at radius 2 is 2.00 bits per heavy atom. The van der Waals surface area contributed by atoms with Crippen molar-refractivity contribution in [3.8, 4) is 0 Å². The molecule has 0 saturated carbocycles. The van der Waals surface area contributed by atoms with Crippen LogP contribution in [-0.4, -0.2) is 29.2 Å². The zero-order valence-electron chi connectivity index (χ0n) is 11.0. The van der Waals surface area contributed by atoms with Crippen LogP contribution in [0.4, 0.5) is 0 Å². The van der Waals surface area contributed by atoms with E-state index in [9.17, 15) is 4.79 Å². The Balaban J connectivity index is 2.11. The average Bonchev–Trinajstić information content (AvgIpc) is 2.74. The smallest absolute Gasteiger partial charge is 0.228 e. The minimum absolute atomic E-state index is 0.0264. The SMILES string of the molecule is CC1C2CCC(O2)N1C(=O)C(C)C(C)(C)C. The standard InChI is InChI=1S/C13H23NO2/c1-8(13(3,4)5)12(15)14-9(2)10-6-7-11(14)16-10/h8-11H,6-7H2,1-5H3. The Morgan fingerprint density at radius 1 is 1.38 bits per heavy atom. The van der Waals surface area contributed by atoms with Crippen LogP contribution in [0, 0.1) is 11.3 Å². The van der Waals surface area contributed by atoms with Crippen LogP contribution in [0.3, 0.4) is 0 Å². The lowest BCUT2D eigenvalue weighted by molar-refractivity contribution is -0.144. The van der Waals surface area contributed by atoms with Gasteiger partial charge in [-0.15, -0.1) is 0 Å². The molecule has 2 fully saturated rings. The summed E-state index contributed by atoms with van der Waals surface area (Å²) in [7, 11) is 0. The molecule has 0 radical (unpaired) electrons. The van der Waals surface area contributed by atoms with E-state index < -0.39 is 0 Å². The number of amides is 1. The predicted molar refractivity (Wildman–Crippen MR) is 62.8 cm³/mol. The zero-order chi connectivity index (χ0) is 12.1. The molecular weight excluding hydrogens is 202 g/mol. The number of hydrogen-bond donors (Lipinski definition) is 0. The highest BCUT2D eigenvalue weighted by atomic mass is 16.5. The van der Waals surface area contributed by atoms with Crippen molar-refractivity contribution in [2.75, 3.05) is 0 Å². The maximum absolute atomic E-state index is 12.4. The summed E-state index contributed by atoms with van der Waals surface area (Å²) in [6.45, 7) is 10.5. The van der Waals surface area contributed by atoms with Crippen molar-refractivity contribution in [1.82, 2.24) is 4.90 Å².